The van der Waals surface area contributed by atoms with Crippen LogP contribution in [0, 0.1) is 6.92 Å². The lowest BCUT2D eigenvalue weighted by atomic mass is 10.2. The van der Waals surface area contributed by atoms with Crippen LogP contribution in [0.2, 0.25) is 0 Å². The Morgan fingerprint density at radius 1 is 1.25 bits per heavy atom. The summed E-state index contributed by atoms with van der Waals surface area (Å²) in [5.74, 6) is 0. The Balaban J connectivity index is 0.000000720. The summed E-state index contributed by atoms with van der Waals surface area (Å²) >= 11 is 0. The summed E-state index contributed by atoms with van der Waals surface area (Å²) in [7, 11) is 0. The van der Waals surface area contributed by atoms with E-state index in [0.29, 0.717) is 0 Å². The molecule has 0 aliphatic rings. The summed E-state index contributed by atoms with van der Waals surface area (Å²) in [6.07, 6.45) is 5.04. The van der Waals surface area contributed by atoms with E-state index in [0.717, 1.165) is 16.6 Å². The molecule has 0 fully saturated rings. The number of hydrogen-bond acceptors (Lipinski definition) is 3. The molecule has 12 heavy (non-hydrogen) atoms. The van der Waals surface area contributed by atoms with Crippen molar-refractivity contribution in [3.8, 4) is 0 Å². The molecular weight excluding hydrogens is 149 g/mol. The summed E-state index contributed by atoms with van der Waals surface area (Å²) in [6, 6.07) is 1.92. The maximum Gasteiger partial charge on any atom is 0.116 e. The van der Waals surface area contributed by atoms with Crippen LogP contribution in [0.15, 0.2) is 24.8 Å². The summed E-state index contributed by atoms with van der Waals surface area (Å²) in [5.41, 5.74) is 1.90. The highest BCUT2D eigenvalue weighted by atomic mass is 14.8. The molecule has 0 atom stereocenters. The molecule has 2 aromatic rings. The first-order chi connectivity index (χ1) is 5.38. The third kappa shape index (κ3) is 1.28. The number of pyridine rings is 1. The molecule has 0 bridgehead atoms. The number of fused-ring (bicyclic) bond motifs is 1. The zero-order chi connectivity index (χ0) is 7.68. The van der Waals surface area contributed by atoms with Crippen molar-refractivity contribution in [2.75, 3.05) is 0 Å². The Morgan fingerprint density at radius 2 is 2.08 bits per heavy atom. The number of rotatable bonds is 0. The van der Waals surface area contributed by atoms with Crippen molar-refractivity contribution in [1.29, 1.82) is 0 Å². The Hall–Kier alpha value is -1.45. The molecule has 0 amide bonds. The zero-order valence-corrected chi connectivity index (χ0v) is 6.73. The fourth-order valence-corrected chi connectivity index (χ4v) is 1.04. The summed E-state index contributed by atoms with van der Waals surface area (Å²) in [6.45, 7) is 1.96. The average molecular weight is 156 g/mol. The van der Waals surface area contributed by atoms with Gasteiger partial charge in [-0.1, -0.05) is 0 Å². The molecule has 0 spiro atoms. The van der Waals surface area contributed by atoms with Crippen LogP contribution < -0.4 is 0 Å². The molecule has 4 heteroatoms. The van der Waals surface area contributed by atoms with Crippen LogP contribution in [0.5, 0.6) is 0 Å². The third-order valence-electron chi connectivity index (χ3n) is 1.64. The van der Waals surface area contributed by atoms with E-state index in [2.05, 4.69) is 15.0 Å². The zero-order valence-electron chi connectivity index (χ0n) is 6.73. The SMILES string of the molecule is Cc1ncnc2cnccc12.[B]. The van der Waals surface area contributed by atoms with Crippen LogP contribution in [0.3, 0.4) is 0 Å². The van der Waals surface area contributed by atoms with Gasteiger partial charge in [-0.05, 0) is 13.0 Å². The molecule has 0 saturated heterocycles. The highest BCUT2D eigenvalue weighted by Gasteiger charge is 1.95. The first kappa shape index (κ1) is 8.65. The predicted molar refractivity (Wildman–Crippen MR) is 47.8 cm³/mol. The van der Waals surface area contributed by atoms with Gasteiger partial charge in [-0.2, -0.15) is 0 Å². The predicted octanol–water partition coefficient (Wildman–Crippen LogP) is 0.952. The number of aryl methyl sites for hydroxylation is 1. The lowest BCUT2D eigenvalue weighted by molar-refractivity contribution is 1.14. The Labute approximate surface area is 72.5 Å². The van der Waals surface area contributed by atoms with Gasteiger partial charge in [0.1, 0.15) is 6.33 Å². The van der Waals surface area contributed by atoms with Crippen LogP contribution in [-0.4, -0.2) is 23.4 Å². The highest BCUT2D eigenvalue weighted by molar-refractivity contribution is 5.78. The topological polar surface area (TPSA) is 38.7 Å². The summed E-state index contributed by atoms with van der Waals surface area (Å²) < 4.78 is 0. The second-order valence-corrected chi connectivity index (χ2v) is 2.35. The van der Waals surface area contributed by atoms with Crippen molar-refractivity contribution in [2.45, 2.75) is 6.92 Å². The van der Waals surface area contributed by atoms with Crippen LogP contribution in [-0.2, 0) is 0 Å². The molecule has 0 aromatic carbocycles. The van der Waals surface area contributed by atoms with Gasteiger partial charge in [0.05, 0.1) is 11.7 Å². The van der Waals surface area contributed by atoms with Crippen molar-refractivity contribution < 1.29 is 0 Å². The minimum atomic E-state index is 0. The molecule has 0 N–H and O–H groups in total. The van der Waals surface area contributed by atoms with Gasteiger partial charge in [-0.15, -0.1) is 0 Å². The van der Waals surface area contributed by atoms with E-state index in [1.807, 2.05) is 13.0 Å². The minimum Gasteiger partial charge on any atom is -0.262 e. The Bertz CT molecular complexity index is 383. The van der Waals surface area contributed by atoms with Crippen molar-refractivity contribution in [3.05, 3.63) is 30.5 Å². The van der Waals surface area contributed by atoms with Gasteiger partial charge in [-0.3, -0.25) is 4.98 Å². The van der Waals surface area contributed by atoms with E-state index >= 15 is 0 Å². The monoisotopic (exact) mass is 156 g/mol. The van der Waals surface area contributed by atoms with Crippen LogP contribution in [0.4, 0.5) is 0 Å². The molecule has 2 heterocycles. The summed E-state index contributed by atoms with van der Waals surface area (Å²) in [5, 5.41) is 1.07. The molecule has 0 aliphatic carbocycles. The lowest BCUT2D eigenvalue weighted by Crippen LogP contribution is -1.86. The molecule has 3 nitrogen and oxygen atoms in total. The minimum absolute atomic E-state index is 0. The quantitative estimate of drug-likeness (QED) is 0.533. The van der Waals surface area contributed by atoms with Crippen LogP contribution in [0.1, 0.15) is 5.69 Å². The van der Waals surface area contributed by atoms with Crippen molar-refractivity contribution in [2.24, 2.45) is 0 Å². The fraction of sp³-hybridized carbons (Fsp3) is 0.125. The van der Waals surface area contributed by atoms with Crippen LogP contribution >= 0.6 is 0 Å². The second kappa shape index (κ2) is 3.30. The maximum atomic E-state index is 4.07. The molecule has 0 aliphatic heterocycles. The lowest BCUT2D eigenvalue weighted by Gasteiger charge is -1.96. The van der Waals surface area contributed by atoms with Gasteiger partial charge >= 0.3 is 0 Å². The van der Waals surface area contributed by atoms with Gasteiger partial charge < -0.3 is 0 Å². The van der Waals surface area contributed by atoms with E-state index in [1.54, 1.807) is 18.7 Å². The van der Waals surface area contributed by atoms with Gasteiger partial charge in [-0.25, -0.2) is 9.97 Å². The molecule has 0 unspecified atom stereocenters. The maximum absolute atomic E-state index is 4.07. The first-order valence-electron chi connectivity index (χ1n) is 3.39. The molecule has 2 rings (SSSR count). The standard InChI is InChI=1S/C8H7N3.B/c1-6-7-2-3-9-4-8(7)11-5-10-6;/h2-5H,1H3;. The molecule has 3 radical (unpaired) electrons. The van der Waals surface area contributed by atoms with E-state index in [4.69, 9.17) is 0 Å². The number of nitrogens with zero attached hydrogens (tertiary/aromatic N) is 3. The van der Waals surface area contributed by atoms with Crippen molar-refractivity contribution in [3.63, 3.8) is 0 Å². The van der Waals surface area contributed by atoms with Crippen molar-refractivity contribution >= 4 is 19.3 Å². The fourth-order valence-electron chi connectivity index (χ4n) is 1.04. The van der Waals surface area contributed by atoms with Gasteiger partial charge in [0.2, 0.25) is 0 Å². The van der Waals surface area contributed by atoms with Gasteiger partial charge in [0, 0.05) is 25.7 Å². The van der Waals surface area contributed by atoms with E-state index in [9.17, 15) is 0 Å². The first-order valence-corrected chi connectivity index (χ1v) is 3.39. The molecule has 57 valence electrons. The van der Waals surface area contributed by atoms with Gasteiger partial charge in [0.25, 0.3) is 0 Å². The van der Waals surface area contributed by atoms with E-state index in [-0.39, 0.29) is 8.41 Å². The largest absolute Gasteiger partial charge is 0.262 e. The number of aromatic nitrogens is 3. The number of hydrogen-bond donors (Lipinski definition) is 0. The highest BCUT2D eigenvalue weighted by Crippen LogP contribution is 2.10. The van der Waals surface area contributed by atoms with E-state index < -0.39 is 0 Å². The van der Waals surface area contributed by atoms with Crippen molar-refractivity contribution in [1.82, 2.24) is 15.0 Å². The third-order valence-corrected chi connectivity index (χ3v) is 1.64. The van der Waals surface area contributed by atoms with Gasteiger partial charge in [0.15, 0.2) is 0 Å². The summed E-state index contributed by atoms with van der Waals surface area (Å²) in [4.78, 5) is 12.1. The van der Waals surface area contributed by atoms with Crippen LogP contribution in [0.25, 0.3) is 10.9 Å². The average Bonchev–Trinajstić information content (AvgIpc) is 2.06. The smallest absolute Gasteiger partial charge is 0.116 e. The Kier molecular flexibility index (Phi) is 2.38. The normalized spacial score (nSPS) is 9.42. The molecular formula is C8H7BN3. The molecule has 0 saturated carbocycles. The molecule has 2 aromatic heterocycles. The second-order valence-electron chi connectivity index (χ2n) is 2.35. The van der Waals surface area contributed by atoms with E-state index in [1.165, 1.54) is 0 Å². The Morgan fingerprint density at radius 3 is 2.83 bits per heavy atom.